The fourth-order valence-electron chi connectivity index (χ4n) is 1.91. The molecular weight excluding hydrogens is 270 g/mol. The van der Waals surface area contributed by atoms with Gasteiger partial charge in [-0.05, 0) is 18.2 Å². The number of rotatable bonds is 8. The molecule has 0 saturated carbocycles. The van der Waals surface area contributed by atoms with E-state index in [2.05, 4.69) is 10.1 Å². The highest BCUT2D eigenvalue weighted by molar-refractivity contribution is 5.93. The van der Waals surface area contributed by atoms with Crippen molar-refractivity contribution in [1.82, 2.24) is 4.90 Å². The van der Waals surface area contributed by atoms with Crippen LogP contribution in [0.25, 0.3) is 0 Å². The first-order chi connectivity index (χ1) is 10.1. The molecule has 3 N–H and O–H groups in total. The van der Waals surface area contributed by atoms with Crippen molar-refractivity contribution in [2.45, 2.75) is 19.9 Å². The zero-order valence-electron chi connectivity index (χ0n) is 12.6. The molecule has 1 amide bonds. The smallest absolute Gasteiger partial charge is 0.306 e. The van der Waals surface area contributed by atoms with Gasteiger partial charge in [0, 0.05) is 18.8 Å². The number of benzene rings is 1. The van der Waals surface area contributed by atoms with E-state index in [1.54, 1.807) is 0 Å². The summed E-state index contributed by atoms with van der Waals surface area (Å²) >= 11 is 0. The molecule has 0 radical (unpaired) electrons. The predicted octanol–water partition coefficient (Wildman–Crippen LogP) is 0.969. The Balaban J connectivity index is 2.52. The summed E-state index contributed by atoms with van der Waals surface area (Å²) in [6, 6.07) is 7.44. The Morgan fingerprint density at radius 3 is 2.67 bits per heavy atom. The van der Waals surface area contributed by atoms with Gasteiger partial charge in [0.2, 0.25) is 5.91 Å². The summed E-state index contributed by atoms with van der Waals surface area (Å²) in [4.78, 5) is 25.1. The molecule has 0 saturated heterocycles. The molecule has 21 heavy (non-hydrogen) atoms. The van der Waals surface area contributed by atoms with Gasteiger partial charge in [0.25, 0.3) is 0 Å². The summed E-state index contributed by atoms with van der Waals surface area (Å²) in [6.45, 7) is 3.72. The number of carbonyl (C=O) groups excluding carboxylic acids is 2. The van der Waals surface area contributed by atoms with Crippen LogP contribution in [-0.4, -0.2) is 43.5 Å². The number of hydrogen-bond acceptors (Lipinski definition) is 5. The highest BCUT2D eigenvalue weighted by atomic mass is 16.5. The van der Waals surface area contributed by atoms with Crippen LogP contribution in [0.3, 0.4) is 0 Å². The molecule has 0 spiro atoms. The van der Waals surface area contributed by atoms with Crippen molar-refractivity contribution in [2.24, 2.45) is 5.73 Å². The highest BCUT2D eigenvalue weighted by Crippen LogP contribution is 2.13. The van der Waals surface area contributed by atoms with E-state index in [0.29, 0.717) is 19.6 Å². The van der Waals surface area contributed by atoms with Gasteiger partial charge in [0.05, 0.1) is 20.1 Å². The molecule has 0 aliphatic heterocycles. The molecule has 0 aromatic heterocycles. The van der Waals surface area contributed by atoms with Crippen LogP contribution in [0.2, 0.25) is 0 Å². The summed E-state index contributed by atoms with van der Waals surface area (Å²) in [6.07, 6.45) is 0.275. The van der Waals surface area contributed by atoms with E-state index >= 15 is 0 Å². The molecule has 1 aromatic rings. The number of para-hydroxylation sites is 1. The lowest BCUT2D eigenvalue weighted by Gasteiger charge is -2.19. The maximum atomic E-state index is 12.1. The van der Waals surface area contributed by atoms with Gasteiger partial charge in [0.15, 0.2) is 0 Å². The summed E-state index contributed by atoms with van der Waals surface area (Å²) in [5, 5.41) is 2.85. The Labute approximate surface area is 125 Å². The Bertz CT molecular complexity index is 477. The molecule has 0 atom stereocenters. The minimum atomic E-state index is -0.276. The number of esters is 1. The molecule has 116 valence electrons. The fraction of sp³-hybridized carbons (Fsp3) is 0.467. The topological polar surface area (TPSA) is 84.7 Å². The van der Waals surface area contributed by atoms with Crippen LogP contribution in [-0.2, 0) is 20.9 Å². The van der Waals surface area contributed by atoms with Crippen LogP contribution in [0.15, 0.2) is 24.3 Å². The molecule has 0 bridgehead atoms. The minimum absolute atomic E-state index is 0.123. The van der Waals surface area contributed by atoms with Crippen molar-refractivity contribution in [3.8, 4) is 0 Å². The molecule has 0 aliphatic carbocycles. The minimum Gasteiger partial charge on any atom is -0.469 e. The van der Waals surface area contributed by atoms with Crippen LogP contribution in [0, 0.1) is 0 Å². The van der Waals surface area contributed by atoms with Gasteiger partial charge in [-0.1, -0.05) is 25.1 Å². The van der Waals surface area contributed by atoms with Gasteiger partial charge in [-0.25, -0.2) is 0 Å². The summed E-state index contributed by atoms with van der Waals surface area (Å²) in [5.41, 5.74) is 7.26. The number of nitrogens with one attached hydrogen (secondary N) is 1. The Kier molecular flexibility index (Phi) is 7.42. The average molecular weight is 293 g/mol. The Morgan fingerprint density at radius 1 is 1.33 bits per heavy atom. The number of carbonyl (C=O) groups is 2. The number of hydrogen-bond donors (Lipinski definition) is 2. The number of methoxy groups -OCH3 is 1. The lowest BCUT2D eigenvalue weighted by molar-refractivity contribution is -0.141. The lowest BCUT2D eigenvalue weighted by atomic mass is 10.2. The molecule has 0 aliphatic rings. The molecule has 0 unspecified atom stereocenters. The van der Waals surface area contributed by atoms with E-state index in [9.17, 15) is 9.59 Å². The molecule has 0 fully saturated rings. The average Bonchev–Trinajstić information content (AvgIpc) is 2.51. The van der Waals surface area contributed by atoms with Crippen molar-refractivity contribution < 1.29 is 14.3 Å². The van der Waals surface area contributed by atoms with E-state index in [-0.39, 0.29) is 24.8 Å². The first kappa shape index (κ1) is 17.1. The summed E-state index contributed by atoms with van der Waals surface area (Å²) in [5.74, 6) is -0.398. The molecule has 1 aromatic carbocycles. The number of nitrogens with zero attached hydrogens (tertiary/aromatic N) is 1. The number of ether oxygens (including phenoxy) is 1. The maximum absolute atomic E-state index is 12.1. The zero-order chi connectivity index (χ0) is 15.7. The standard InChI is InChI=1S/C15H23N3O3/c1-3-18(9-8-15(20)21-2)11-14(19)17-13-7-5-4-6-12(13)10-16/h4-7H,3,8-11,16H2,1-2H3,(H,17,19). The van der Waals surface area contributed by atoms with Crippen molar-refractivity contribution in [3.63, 3.8) is 0 Å². The third-order valence-electron chi connectivity index (χ3n) is 3.19. The second kappa shape index (κ2) is 9.10. The highest BCUT2D eigenvalue weighted by Gasteiger charge is 2.12. The summed E-state index contributed by atoms with van der Waals surface area (Å²) in [7, 11) is 1.36. The second-order valence-corrected chi connectivity index (χ2v) is 4.60. The normalized spacial score (nSPS) is 10.5. The third-order valence-corrected chi connectivity index (χ3v) is 3.19. The first-order valence-corrected chi connectivity index (χ1v) is 6.97. The number of likely N-dealkylation sites (N-methyl/N-ethyl adjacent to an activating group) is 1. The Morgan fingerprint density at radius 2 is 2.05 bits per heavy atom. The quantitative estimate of drug-likeness (QED) is 0.698. The van der Waals surface area contributed by atoms with E-state index in [1.165, 1.54) is 7.11 Å². The Hall–Kier alpha value is -1.92. The number of nitrogens with two attached hydrogens (primary N) is 1. The predicted molar refractivity (Wildman–Crippen MR) is 81.7 cm³/mol. The third kappa shape index (κ3) is 5.93. The van der Waals surface area contributed by atoms with Crippen LogP contribution in [0.5, 0.6) is 0 Å². The van der Waals surface area contributed by atoms with Gasteiger partial charge in [-0.2, -0.15) is 0 Å². The van der Waals surface area contributed by atoms with Crippen LogP contribution < -0.4 is 11.1 Å². The second-order valence-electron chi connectivity index (χ2n) is 4.60. The molecule has 1 rings (SSSR count). The molecule has 0 heterocycles. The van der Waals surface area contributed by atoms with Crippen LogP contribution in [0.1, 0.15) is 18.9 Å². The largest absolute Gasteiger partial charge is 0.469 e. The lowest BCUT2D eigenvalue weighted by Crippen LogP contribution is -2.35. The van der Waals surface area contributed by atoms with Gasteiger partial charge in [-0.3, -0.25) is 14.5 Å². The van der Waals surface area contributed by atoms with E-state index in [4.69, 9.17) is 5.73 Å². The number of anilines is 1. The van der Waals surface area contributed by atoms with Gasteiger partial charge >= 0.3 is 5.97 Å². The van der Waals surface area contributed by atoms with Gasteiger partial charge < -0.3 is 15.8 Å². The first-order valence-electron chi connectivity index (χ1n) is 6.97. The maximum Gasteiger partial charge on any atom is 0.306 e. The van der Waals surface area contributed by atoms with Gasteiger partial charge in [-0.15, -0.1) is 0 Å². The zero-order valence-corrected chi connectivity index (χ0v) is 12.6. The monoisotopic (exact) mass is 293 g/mol. The molecular formula is C15H23N3O3. The summed E-state index contributed by atoms with van der Waals surface area (Å²) < 4.78 is 4.60. The van der Waals surface area contributed by atoms with Crippen molar-refractivity contribution >= 4 is 17.6 Å². The van der Waals surface area contributed by atoms with Gasteiger partial charge in [0.1, 0.15) is 0 Å². The van der Waals surface area contributed by atoms with E-state index in [0.717, 1.165) is 11.3 Å². The van der Waals surface area contributed by atoms with E-state index in [1.807, 2.05) is 36.1 Å². The van der Waals surface area contributed by atoms with Crippen molar-refractivity contribution in [1.29, 1.82) is 0 Å². The van der Waals surface area contributed by atoms with Crippen molar-refractivity contribution in [2.75, 3.05) is 32.1 Å². The number of amides is 1. The molecule has 6 nitrogen and oxygen atoms in total. The van der Waals surface area contributed by atoms with Crippen LogP contribution in [0.4, 0.5) is 5.69 Å². The SMILES string of the molecule is CCN(CCC(=O)OC)CC(=O)Nc1ccccc1CN. The fourth-order valence-corrected chi connectivity index (χ4v) is 1.91. The van der Waals surface area contributed by atoms with Crippen molar-refractivity contribution in [3.05, 3.63) is 29.8 Å². The van der Waals surface area contributed by atoms with E-state index < -0.39 is 0 Å². The molecule has 6 heteroatoms. The van der Waals surface area contributed by atoms with Crippen LogP contribution >= 0.6 is 0 Å².